The van der Waals surface area contributed by atoms with Crippen molar-refractivity contribution >= 4 is 11.7 Å². The van der Waals surface area contributed by atoms with Crippen molar-refractivity contribution in [3.63, 3.8) is 0 Å². The first-order chi connectivity index (χ1) is 13.6. The third kappa shape index (κ3) is 4.66. The predicted molar refractivity (Wildman–Crippen MR) is 112 cm³/mol. The van der Waals surface area contributed by atoms with Gasteiger partial charge in [0.2, 0.25) is 5.91 Å². The van der Waals surface area contributed by atoms with Gasteiger partial charge in [-0.05, 0) is 30.4 Å². The van der Waals surface area contributed by atoms with Crippen LogP contribution in [0.4, 0.5) is 5.82 Å². The van der Waals surface area contributed by atoms with E-state index in [1.54, 1.807) is 0 Å². The average molecular weight is 386 g/mol. The minimum absolute atomic E-state index is 0.292. The molecule has 1 aromatic heterocycles. The van der Waals surface area contributed by atoms with Crippen molar-refractivity contribution in [2.75, 3.05) is 51.1 Å². The molecule has 1 saturated carbocycles. The first-order valence-corrected chi connectivity index (χ1v) is 11.1. The van der Waals surface area contributed by atoms with Gasteiger partial charge in [-0.1, -0.05) is 26.3 Å². The van der Waals surface area contributed by atoms with Crippen LogP contribution in [0, 0.1) is 5.92 Å². The summed E-state index contributed by atoms with van der Waals surface area (Å²) in [6.07, 6.45) is 5.01. The zero-order valence-corrected chi connectivity index (χ0v) is 17.5. The summed E-state index contributed by atoms with van der Waals surface area (Å²) in [6, 6.07) is 5.05. The highest BCUT2D eigenvalue weighted by Crippen LogP contribution is 2.25. The van der Waals surface area contributed by atoms with E-state index in [1.165, 1.54) is 30.5 Å². The van der Waals surface area contributed by atoms with E-state index in [2.05, 4.69) is 46.0 Å². The second kappa shape index (κ2) is 8.78. The number of carbonyl (C=O) groups is 1. The normalized spacial score (nSPS) is 21.5. The maximum Gasteiger partial charge on any atom is 0.236 e. The van der Waals surface area contributed by atoms with Crippen LogP contribution in [0.1, 0.15) is 44.4 Å². The molecule has 2 aliphatic heterocycles. The van der Waals surface area contributed by atoms with Gasteiger partial charge in [0.05, 0.1) is 6.54 Å². The second-order valence-corrected chi connectivity index (χ2v) is 9.04. The number of piperazine rings is 1. The van der Waals surface area contributed by atoms with Crippen LogP contribution < -0.4 is 5.32 Å². The largest absolute Gasteiger partial charge is 0.370 e. The van der Waals surface area contributed by atoms with Gasteiger partial charge in [-0.3, -0.25) is 14.6 Å². The number of fused-ring (bicyclic) bond motifs is 1. The standard InChI is InChI=1S/C22H35N5O/c1-17(2)14-23-21-7-6-18-15-25(9-8-20(18)24-21)16-22(28)27-12-10-26(11-13-27)19-4-3-5-19/h6-7,17,19H,3-5,8-16H2,1-2H3,(H,23,24). The number of nitrogens with one attached hydrogen (secondary N) is 1. The summed E-state index contributed by atoms with van der Waals surface area (Å²) in [4.78, 5) is 24.5. The molecule has 1 aromatic rings. The molecule has 3 aliphatic rings. The smallest absolute Gasteiger partial charge is 0.236 e. The predicted octanol–water partition coefficient (Wildman–Crippen LogP) is 2.20. The lowest BCUT2D eigenvalue weighted by Gasteiger charge is -2.43. The van der Waals surface area contributed by atoms with E-state index >= 15 is 0 Å². The zero-order valence-electron chi connectivity index (χ0n) is 17.5. The summed E-state index contributed by atoms with van der Waals surface area (Å²) < 4.78 is 0. The summed E-state index contributed by atoms with van der Waals surface area (Å²) in [5.41, 5.74) is 2.45. The van der Waals surface area contributed by atoms with Crippen LogP contribution in [-0.2, 0) is 17.8 Å². The van der Waals surface area contributed by atoms with Crippen molar-refractivity contribution in [3.8, 4) is 0 Å². The fraction of sp³-hybridized carbons (Fsp3) is 0.727. The monoisotopic (exact) mass is 385 g/mol. The Morgan fingerprint density at radius 3 is 2.64 bits per heavy atom. The number of hydrogen-bond acceptors (Lipinski definition) is 5. The minimum atomic E-state index is 0.292. The van der Waals surface area contributed by atoms with Crippen molar-refractivity contribution in [3.05, 3.63) is 23.4 Å². The molecule has 1 amide bonds. The van der Waals surface area contributed by atoms with E-state index < -0.39 is 0 Å². The zero-order chi connectivity index (χ0) is 19.5. The molecule has 3 heterocycles. The van der Waals surface area contributed by atoms with E-state index in [-0.39, 0.29) is 0 Å². The first kappa shape index (κ1) is 19.6. The van der Waals surface area contributed by atoms with E-state index in [0.717, 1.165) is 64.1 Å². The van der Waals surface area contributed by atoms with Crippen LogP contribution in [0.15, 0.2) is 12.1 Å². The lowest BCUT2D eigenvalue weighted by Crippen LogP contribution is -2.55. The lowest BCUT2D eigenvalue weighted by atomic mass is 9.91. The Labute approximate surface area is 169 Å². The van der Waals surface area contributed by atoms with Crippen LogP contribution in [0.5, 0.6) is 0 Å². The van der Waals surface area contributed by atoms with Crippen molar-refractivity contribution < 1.29 is 4.79 Å². The van der Waals surface area contributed by atoms with E-state index in [1.807, 2.05) is 0 Å². The molecule has 1 saturated heterocycles. The molecule has 4 rings (SSSR count). The van der Waals surface area contributed by atoms with E-state index in [0.29, 0.717) is 18.4 Å². The molecule has 2 fully saturated rings. The fourth-order valence-electron chi connectivity index (χ4n) is 4.40. The molecule has 0 atom stereocenters. The molecule has 0 unspecified atom stereocenters. The lowest BCUT2D eigenvalue weighted by molar-refractivity contribution is -0.135. The highest BCUT2D eigenvalue weighted by atomic mass is 16.2. The maximum absolute atomic E-state index is 12.8. The molecule has 0 bridgehead atoms. The number of pyridine rings is 1. The Morgan fingerprint density at radius 2 is 1.96 bits per heavy atom. The Bertz CT molecular complexity index is 680. The first-order valence-electron chi connectivity index (χ1n) is 11.1. The molecule has 0 aromatic carbocycles. The van der Waals surface area contributed by atoms with Gasteiger partial charge in [0.1, 0.15) is 5.82 Å². The van der Waals surface area contributed by atoms with Gasteiger partial charge in [-0.25, -0.2) is 4.98 Å². The number of amides is 1. The Hall–Kier alpha value is -1.66. The molecule has 6 nitrogen and oxygen atoms in total. The molecule has 0 spiro atoms. The maximum atomic E-state index is 12.8. The molecule has 154 valence electrons. The fourth-order valence-corrected chi connectivity index (χ4v) is 4.40. The average Bonchev–Trinajstić information content (AvgIpc) is 2.65. The van der Waals surface area contributed by atoms with Crippen LogP contribution in [0.2, 0.25) is 0 Å². The summed E-state index contributed by atoms with van der Waals surface area (Å²) in [6.45, 7) is 11.5. The third-order valence-corrected chi connectivity index (χ3v) is 6.44. The number of nitrogens with zero attached hydrogens (tertiary/aromatic N) is 4. The van der Waals surface area contributed by atoms with Crippen molar-refractivity contribution in [1.82, 2.24) is 19.7 Å². The SMILES string of the molecule is CC(C)CNc1ccc2c(n1)CCN(CC(=O)N1CCN(C3CCC3)CC1)C2. The quantitative estimate of drug-likeness (QED) is 0.814. The van der Waals surface area contributed by atoms with Gasteiger partial charge >= 0.3 is 0 Å². The van der Waals surface area contributed by atoms with Crippen molar-refractivity contribution in [2.45, 2.75) is 52.1 Å². The third-order valence-electron chi connectivity index (χ3n) is 6.44. The van der Waals surface area contributed by atoms with Crippen LogP contribution >= 0.6 is 0 Å². The topological polar surface area (TPSA) is 51.7 Å². The summed E-state index contributed by atoms with van der Waals surface area (Å²) in [5.74, 6) is 1.87. The Kier molecular flexibility index (Phi) is 6.16. The summed E-state index contributed by atoms with van der Waals surface area (Å²) >= 11 is 0. The van der Waals surface area contributed by atoms with Crippen molar-refractivity contribution in [2.24, 2.45) is 5.92 Å². The number of aromatic nitrogens is 1. The van der Waals surface area contributed by atoms with Gasteiger partial charge < -0.3 is 10.2 Å². The molecule has 28 heavy (non-hydrogen) atoms. The number of rotatable bonds is 6. The van der Waals surface area contributed by atoms with Gasteiger partial charge in [0.15, 0.2) is 0 Å². The molecule has 1 aliphatic carbocycles. The van der Waals surface area contributed by atoms with Crippen LogP contribution in [0.3, 0.4) is 0 Å². The molecule has 1 N–H and O–H groups in total. The van der Waals surface area contributed by atoms with Gasteiger partial charge in [-0.2, -0.15) is 0 Å². The highest BCUT2D eigenvalue weighted by Gasteiger charge is 2.30. The van der Waals surface area contributed by atoms with Gasteiger partial charge in [-0.15, -0.1) is 0 Å². The van der Waals surface area contributed by atoms with E-state index in [4.69, 9.17) is 4.98 Å². The highest BCUT2D eigenvalue weighted by molar-refractivity contribution is 5.78. The van der Waals surface area contributed by atoms with E-state index in [9.17, 15) is 4.79 Å². The Morgan fingerprint density at radius 1 is 1.18 bits per heavy atom. The number of anilines is 1. The van der Waals surface area contributed by atoms with Crippen LogP contribution in [-0.4, -0.2) is 77.4 Å². The van der Waals surface area contributed by atoms with Crippen LogP contribution in [0.25, 0.3) is 0 Å². The summed E-state index contributed by atoms with van der Waals surface area (Å²) in [5, 5.41) is 3.41. The van der Waals surface area contributed by atoms with Gasteiger partial charge in [0, 0.05) is 64.0 Å². The summed E-state index contributed by atoms with van der Waals surface area (Å²) in [7, 11) is 0. The number of hydrogen-bond donors (Lipinski definition) is 1. The minimum Gasteiger partial charge on any atom is -0.370 e. The molecule has 6 heteroatoms. The molecular formula is C22H35N5O. The second-order valence-electron chi connectivity index (χ2n) is 9.04. The molecule has 0 radical (unpaired) electrons. The van der Waals surface area contributed by atoms with Crippen molar-refractivity contribution in [1.29, 1.82) is 0 Å². The van der Waals surface area contributed by atoms with Gasteiger partial charge in [0.25, 0.3) is 0 Å². The molecular weight excluding hydrogens is 350 g/mol. The number of carbonyl (C=O) groups excluding carboxylic acids is 1. The Balaban J connectivity index is 1.26.